The highest BCUT2D eigenvalue weighted by Crippen LogP contribution is 2.37. The maximum absolute atomic E-state index is 13.5. The van der Waals surface area contributed by atoms with Crippen LogP contribution < -0.4 is 10.3 Å². The summed E-state index contributed by atoms with van der Waals surface area (Å²) in [6.07, 6.45) is 0. The van der Waals surface area contributed by atoms with Crippen molar-refractivity contribution in [2.24, 2.45) is 0 Å². The molecule has 0 saturated carbocycles. The van der Waals surface area contributed by atoms with Crippen molar-refractivity contribution in [3.63, 3.8) is 0 Å². The van der Waals surface area contributed by atoms with E-state index in [-0.39, 0.29) is 17.1 Å². The van der Waals surface area contributed by atoms with Crippen LogP contribution in [0.5, 0.6) is 0 Å². The summed E-state index contributed by atoms with van der Waals surface area (Å²) in [5, 5.41) is 0.484. The van der Waals surface area contributed by atoms with E-state index in [9.17, 15) is 9.59 Å². The number of rotatable bonds is 4. The first-order valence-corrected chi connectivity index (χ1v) is 11.0. The van der Waals surface area contributed by atoms with Crippen molar-refractivity contribution in [1.82, 2.24) is 4.90 Å². The van der Waals surface area contributed by atoms with Gasteiger partial charge >= 0.3 is 0 Å². The highest BCUT2D eigenvalue weighted by Gasteiger charge is 2.43. The predicted molar refractivity (Wildman–Crippen MR) is 116 cm³/mol. The van der Waals surface area contributed by atoms with E-state index in [0.717, 1.165) is 42.9 Å². The predicted octanol–water partition coefficient (Wildman–Crippen LogP) is 2.02. The third-order valence-corrected chi connectivity index (χ3v) is 6.44. The molecule has 3 aromatic rings. The Kier molecular flexibility index (Phi) is 5.18. The number of carbonyl (C=O) groups is 1. The molecular formula is C23H22BrN2O4+. The van der Waals surface area contributed by atoms with E-state index >= 15 is 0 Å². The minimum atomic E-state index is -0.436. The quantitative estimate of drug-likeness (QED) is 0.634. The molecule has 30 heavy (non-hydrogen) atoms. The Balaban J connectivity index is 1.60. The SMILES string of the molecule is O=C1c2oc3ccc(Br)cc3c(=O)c2[C@@H](c2ccccc2)N1CC[NH+]1CCOCC1. The molecule has 0 bridgehead atoms. The summed E-state index contributed by atoms with van der Waals surface area (Å²) >= 11 is 3.43. The van der Waals surface area contributed by atoms with E-state index in [1.54, 1.807) is 17.0 Å². The molecular weight excluding hydrogens is 448 g/mol. The van der Waals surface area contributed by atoms with Gasteiger partial charge in [0.1, 0.15) is 18.7 Å². The number of morpholine rings is 1. The van der Waals surface area contributed by atoms with Crippen LogP contribution >= 0.6 is 15.9 Å². The second-order valence-electron chi connectivity index (χ2n) is 7.74. The summed E-state index contributed by atoms with van der Waals surface area (Å²) in [5.74, 6) is -0.0471. The minimum Gasteiger partial charge on any atom is -0.450 e. The third-order valence-electron chi connectivity index (χ3n) is 5.95. The average molecular weight is 470 g/mol. The standard InChI is InChI=1S/C23H21BrN2O4/c24-16-6-7-18-17(14-16)21(27)19-20(15-4-2-1-3-5-15)26(23(28)22(19)30-18)9-8-25-10-12-29-13-11-25/h1-7,14,20H,8-13H2/p+1/t20-/m1/s1. The normalized spacial score (nSPS) is 19.4. The average Bonchev–Trinajstić information content (AvgIpc) is 3.06. The van der Waals surface area contributed by atoms with Crippen LogP contribution in [0.3, 0.4) is 0 Å². The van der Waals surface area contributed by atoms with Crippen molar-refractivity contribution < 1.29 is 18.8 Å². The van der Waals surface area contributed by atoms with Crippen LogP contribution in [0.4, 0.5) is 0 Å². The smallest absolute Gasteiger partial charge is 0.291 e. The van der Waals surface area contributed by atoms with Crippen LogP contribution in [0, 0.1) is 0 Å². The van der Waals surface area contributed by atoms with Gasteiger partial charge in [0.2, 0.25) is 5.76 Å². The van der Waals surface area contributed by atoms with Crippen molar-refractivity contribution in [1.29, 1.82) is 0 Å². The van der Waals surface area contributed by atoms with Crippen molar-refractivity contribution in [3.05, 3.63) is 80.1 Å². The lowest BCUT2D eigenvalue weighted by molar-refractivity contribution is -0.907. The topological polar surface area (TPSA) is 64.2 Å². The van der Waals surface area contributed by atoms with Crippen LogP contribution in [0.1, 0.15) is 27.7 Å². The second kappa shape index (κ2) is 7.98. The lowest BCUT2D eigenvalue weighted by Gasteiger charge is -2.29. The molecule has 7 heteroatoms. The third kappa shape index (κ3) is 3.37. The summed E-state index contributed by atoms with van der Waals surface area (Å²) in [6, 6.07) is 14.6. The van der Waals surface area contributed by atoms with Crippen LogP contribution in [-0.2, 0) is 4.74 Å². The number of nitrogens with zero attached hydrogens (tertiary/aromatic N) is 1. The number of fused-ring (bicyclic) bond motifs is 2. The molecule has 1 atom stereocenters. The summed E-state index contributed by atoms with van der Waals surface area (Å²) in [4.78, 5) is 30.0. The molecule has 1 amide bonds. The second-order valence-corrected chi connectivity index (χ2v) is 8.65. The monoisotopic (exact) mass is 469 g/mol. The van der Waals surface area contributed by atoms with Gasteiger partial charge in [0.05, 0.1) is 43.3 Å². The molecule has 1 aromatic heterocycles. The first kappa shape index (κ1) is 19.5. The minimum absolute atomic E-state index is 0.143. The van der Waals surface area contributed by atoms with Gasteiger partial charge in [0.25, 0.3) is 5.91 Å². The van der Waals surface area contributed by atoms with Crippen LogP contribution in [0.15, 0.2) is 62.2 Å². The Bertz CT molecular complexity index is 1160. The van der Waals surface area contributed by atoms with E-state index in [0.29, 0.717) is 23.1 Å². The number of ether oxygens (including phenoxy) is 1. The van der Waals surface area contributed by atoms with Crippen LogP contribution in [0.2, 0.25) is 0 Å². The lowest BCUT2D eigenvalue weighted by atomic mass is 9.98. The van der Waals surface area contributed by atoms with Gasteiger partial charge in [-0.25, -0.2) is 0 Å². The maximum Gasteiger partial charge on any atom is 0.291 e. The molecule has 3 heterocycles. The molecule has 154 valence electrons. The number of hydrogen-bond donors (Lipinski definition) is 1. The van der Waals surface area contributed by atoms with Crippen molar-refractivity contribution in [2.75, 3.05) is 39.4 Å². The molecule has 0 aliphatic carbocycles. The molecule has 1 saturated heterocycles. The van der Waals surface area contributed by atoms with Gasteiger partial charge in [-0.05, 0) is 23.8 Å². The highest BCUT2D eigenvalue weighted by atomic mass is 79.9. The van der Waals surface area contributed by atoms with E-state index in [1.165, 1.54) is 4.90 Å². The van der Waals surface area contributed by atoms with E-state index < -0.39 is 6.04 Å². The molecule has 0 radical (unpaired) electrons. The molecule has 2 aliphatic rings. The summed E-state index contributed by atoms with van der Waals surface area (Å²) in [5.41, 5.74) is 1.65. The largest absolute Gasteiger partial charge is 0.450 e. The van der Waals surface area contributed by atoms with Gasteiger partial charge in [-0.15, -0.1) is 0 Å². The van der Waals surface area contributed by atoms with Crippen molar-refractivity contribution in [2.45, 2.75) is 6.04 Å². The molecule has 0 unspecified atom stereocenters. The highest BCUT2D eigenvalue weighted by molar-refractivity contribution is 9.10. The number of quaternary nitrogens is 1. The molecule has 2 aliphatic heterocycles. The fourth-order valence-corrected chi connectivity index (χ4v) is 4.75. The van der Waals surface area contributed by atoms with Crippen molar-refractivity contribution in [3.8, 4) is 0 Å². The Morgan fingerprint density at radius 3 is 2.60 bits per heavy atom. The fourth-order valence-electron chi connectivity index (χ4n) is 4.39. The molecule has 2 aromatic carbocycles. The van der Waals surface area contributed by atoms with Gasteiger partial charge in [-0.2, -0.15) is 0 Å². The maximum atomic E-state index is 13.5. The zero-order valence-corrected chi connectivity index (χ0v) is 18.0. The lowest BCUT2D eigenvalue weighted by Crippen LogP contribution is -3.14. The van der Waals surface area contributed by atoms with E-state index in [1.807, 2.05) is 36.4 Å². The summed E-state index contributed by atoms with van der Waals surface area (Å²) < 4.78 is 12.2. The van der Waals surface area contributed by atoms with E-state index in [4.69, 9.17) is 9.15 Å². The first-order valence-electron chi connectivity index (χ1n) is 10.2. The Morgan fingerprint density at radius 2 is 1.83 bits per heavy atom. The van der Waals surface area contributed by atoms with E-state index in [2.05, 4.69) is 15.9 Å². The Hall–Kier alpha value is -2.48. The first-order chi connectivity index (χ1) is 14.6. The van der Waals surface area contributed by atoms with Crippen LogP contribution in [-0.4, -0.2) is 50.2 Å². The summed E-state index contributed by atoms with van der Waals surface area (Å²) in [6.45, 7) is 4.71. The molecule has 1 N–H and O–H groups in total. The molecule has 6 nitrogen and oxygen atoms in total. The number of hydrogen-bond acceptors (Lipinski definition) is 4. The van der Waals surface area contributed by atoms with Crippen LogP contribution in [0.25, 0.3) is 11.0 Å². The fraction of sp³-hybridized carbons (Fsp3) is 0.304. The van der Waals surface area contributed by atoms with Gasteiger partial charge in [-0.3, -0.25) is 9.59 Å². The van der Waals surface area contributed by atoms with Gasteiger partial charge in [0.15, 0.2) is 5.43 Å². The zero-order valence-electron chi connectivity index (χ0n) is 16.4. The molecule has 1 fully saturated rings. The number of amides is 1. The molecule has 0 spiro atoms. The molecule has 5 rings (SSSR count). The number of carbonyl (C=O) groups excluding carboxylic acids is 1. The van der Waals surface area contributed by atoms with Crippen molar-refractivity contribution >= 4 is 32.8 Å². The Morgan fingerprint density at radius 1 is 1.07 bits per heavy atom. The van der Waals surface area contributed by atoms with Gasteiger partial charge < -0.3 is 19.0 Å². The van der Waals surface area contributed by atoms with Gasteiger partial charge in [-0.1, -0.05) is 46.3 Å². The Labute approximate surface area is 182 Å². The van der Waals surface area contributed by atoms with Gasteiger partial charge in [0, 0.05) is 4.47 Å². The number of benzene rings is 2. The number of halogens is 1. The summed E-state index contributed by atoms with van der Waals surface area (Å²) in [7, 11) is 0. The zero-order chi connectivity index (χ0) is 20.7. The number of nitrogens with one attached hydrogen (secondary N) is 1.